The summed E-state index contributed by atoms with van der Waals surface area (Å²) in [6.45, 7) is 1.99. The number of carbonyl (C=O) groups excluding carboxylic acids is 2. The number of aromatic nitrogens is 1. The van der Waals surface area contributed by atoms with E-state index in [-0.39, 0.29) is 11.8 Å². The van der Waals surface area contributed by atoms with Crippen LogP contribution in [0.4, 0.5) is 0 Å². The Morgan fingerprint density at radius 2 is 1.97 bits per heavy atom. The molecule has 2 heterocycles. The molecule has 0 spiro atoms. The molecular formula is C25H25N3O4. The maximum Gasteiger partial charge on any atom is 0.251 e. The third kappa shape index (κ3) is 5.70. The van der Waals surface area contributed by atoms with Crippen LogP contribution in [0.2, 0.25) is 0 Å². The number of carbonyl (C=O) groups is 2. The van der Waals surface area contributed by atoms with Gasteiger partial charge in [0.25, 0.3) is 11.8 Å². The summed E-state index contributed by atoms with van der Waals surface area (Å²) in [5, 5.41) is 5.76. The molecule has 2 aromatic carbocycles. The van der Waals surface area contributed by atoms with Gasteiger partial charge in [-0.3, -0.25) is 14.6 Å². The first kappa shape index (κ1) is 21.5. The van der Waals surface area contributed by atoms with Crippen molar-refractivity contribution in [3.63, 3.8) is 0 Å². The number of fused-ring (bicyclic) bond motifs is 3. The number of pyridine rings is 1. The normalized spacial score (nSPS) is 14.3. The average Bonchev–Trinajstić information content (AvgIpc) is 2.83. The van der Waals surface area contributed by atoms with Crippen LogP contribution >= 0.6 is 0 Å². The number of rotatable bonds is 3. The van der Waals surface area contributed by atoms with E-state index in [1.54, 1.807) is 18.3 Å². The molecule has 164 valence electrons. The zero-order valence-electron chi connectivity index (χ0n) is 17.7. The van der Waals surface area contributed by atoms with Gasteiger partial charge in [-0.05, 0) is 53.6 Å². The lowest BCUT2D eigenvalue weighted by molar-refractivity contribution is 0.0865. The summed E-state index contributed by atoms with van der Waals surface area (Å²) in [5.41, 5.74) is 3.74. The zero-order valence-corrected chi connectivity index (χ0v) is 17.7. The van der Waals surface area contributed by atoms with Crippen molar-refractivity contribution in [2.24, 2.45) is 0 Å². The van der Waals surface area contributed by atoms with Gasteiger partial charge in [0.15, 0.2) is 0 Å². The molecule has 0 aliphatic carbocycles. The monoisotopic (exact) mass is 431 g/mol. The van der Waals surface area contributed by atoms with Crippen LogP contribution in [0, 0.1) is 0 Å². The molecule has 4 rings (SSSR count). The van der Waals surface area contributed by atoms with Crippen LogP contribution in [0.1, 0.15) is 37.5 Å². The molecule has 7 heteroatoms. The Morgan fingerprint density at radius 1 is 1.03 bits per heavy atom. The summed E-state index contributed by atoms with van der Waals surface area (Å²) < 4.78 is 11.5. The molecule has 1 aliphatic rings. The van der Waals surface area contributed by atoms with Crippen molar-refractivity contribution < 1.29 is 19.1 Å². The van der Waals surface area contributed by atoms with Gasteiger partial charge >= 0.3 is 0 Å². The minimum absolute atomic E-state index is 0.133. The van der Waals surface area contributed by atoms with Crippen LogP contribution in [-0.2, 0) is 17.7 Å². The number of hydrogen-bond donors (Lipinski definition) is 2. The lowest BCUT2D eigenvalue weighted by Crippen LogP contribution is -2.28. The van der Waals surface area contributed by atoms with Gasteiger partial charge in [-0.2, -0.15) is 0 Å². The van der Waals surface area contributed by atoms with Crippen molar-refractivity contribution >= 4 is 11.8 Å². The SMILES string of the molecule is O=C1NCCOCCOc2ccc(C(=O)NCc3ccccn3)cc2Cc2cccc1c2. The van der Waals surface area contributed by atoms with E-state index in [9.17, 15) is 9.59 Å². The van der Waals surface area contributed by atoms with E-state index in [2.05, 4.69) is 15.6 Å². The summed E-state index contributed by atoms with van der Waals surface area (Å²) in [5.74, 6) is 0.378. The molecule has 2 bridgehead atoms. The molecule has 2 amide bonds. The van der Waals surface area contributed by atoms with Gasteiger partial charge in [0, 0.05) is 30.3 Å². The standard InChI is InChI=1S/C25H25N3O4/c29-24-19-5-3-4-18(14-19)15-21-16-20(25(30)28-17-22-6-1-2-9-26-22)7-8-23(21)32-13-12-31-11-10-27-24/h1-9,14,16H,10-13,15,17H2,(H,27,29)(H,28,30). The molecule has 0 radical (unpaired) electrons. The highest BCUT2D eigenvalue weighted by molar-refractivity contribution is 5.95. The minimum atomic E-state index is -0.186. The number of nitrogens with zero attached hydrogens (tertiary/aromatic N) is 1. The smallest absolute Gasteiger partial charge is 0.251 e. The van der Waals surface area contributed by atoms with Crippen LogP contribution in [0.3, 0.4) is 0 Å². The lowest BCUT2D eigenvalue weighted by atomic mass is 9.99. The highest BCUT2D eigenvalue weighted by Crippen LogP contribution is 2.24. The van der Waals surface area contributed by atoms with Crippen molar-refractivity contribution in [3.05, 3.63) is 94.8 Å². The second kappa shape index (κ2) is 10.5. The summed E-state index contributed by atoms with van der Waals surface area (Å²) in [7, 11) is 0. The van der Waals surface area contributed by atoms with Crippen LogP contribution in [0.5, 0.6) is 5.75 Å². The van der Waals surface area contributed by atoms with Crippen molar-refractivity contribution in [1.29, 1.82) is 0 Å². The molecule has 2 N–H and O–H groups in total. The van der Waals surface area contributed by atoms with Crippen molar-refractivity contribution in [2.45, 2.75) is 13.0 Å². The Balaban J connectivity index is 1.57. The van der Waals surface area contributed by atoms with Crippen LogP contribution < -0.4 is 15.4 Å². The summed E-state index contributed by atoms with van der Waals surface area (Å²) >= 11 is 0. The Labute approximate surface area is 186 Å². The fourth-order valence-electron chi connectivity index (χ4n) is 3.47. The van der Waals surface area contributed by atoms with Gasteiger partial charge in [0.2, 0.25) is 0 Å². The fourth-order valence-corrected chi connectivity index (χ4v) is 3.47. The van der Waals surface area contributed by atoms with Gasteiger partial charge in [0.1, 0.15) is 12.4 Å². The number of hydrogen-bond acceptors (Lipinski definition) is 5. The van der Waals surface area contributed by atoms with Crippen LogP contribution in [-0.4, -0.2) is 43.2 Å². The second-order valence-corrected chi connectivity index (χ2v) is 7.42. The van der Waals surface area contributed by atoms with E-state index in [1.807, 2.05) is 48.5 Å². The third-order valence-electron chi connectivity index (χ3n) is 5.08. The zero-order chi connectivity index (χ0) is 22.2. The van der Waals surface area contributed by atoms with Crippen molar-refractivity contribution in [1.82, 2.24) is 15.6 Å². The topological polar surface area (TPSA) is 89.5 Å². The van der Waals surface area contributed by atoms with Crippen molar-refractivity contribution in [2.75, 3.05) is 26.4 Å². The second-order valence-electron chi connectivity index (χ2n) is 7.42. The molecule has 0 saturated carbocycles. The first-order chi connectivity index (χ1) is 15.7. The number of nitrogens with one attached hydrogen (secondary N) is 2. The van der Waals surface area contributed by atoms with Gasteiger partial charge < -0.3 is 20.1 Å². The van der Waals surface area contributed by atoms with E-state index in [4.69, 9.17) is 9.47 Å². The third-order valence-corrected chi connectivity index (χ3v) is 5.08. The van der Waals surface area contributed by atoms with Crippen LogP contribution in [0.25, 0.3) is 0 Å². The van der Waals surface area contributed by atoms with Gasteiger partial charge in [-0.25, -0.2) is 0 Å². The predicted octanol–water partition coefficient (Wildman–Crippen LogP) is 2.74. The summed E-state index contributed by atoms with van der Waals surface area (Å²) in [4.78, 5) is 29.3. The molecule has 1 aromatic heterocycles. The largest absolute Gasteiger partial charge is 0.491 e. The minimum Gasteiger partial charge on any atom is -0.491 e. The Morgan fingerprint density at radius 3 is 2.84 bits per heavy atom. The maximum atomic E-state index is 12.7. The highest BCUT2D eigenvalue weighted by atomic mass is 16.5. The van der Waals surface area contributed by atoms with E-state index in [0.717, 1.165) is 16.8 Å². The molecule has 0 fully saturated rings. The Bertz CT molecular complexity index is 1090. The molecule has 0 atom stereocenters. The molecular weight excluding hydrogens is 406 g/mol. The quantitative estimate of drug-likeness (QED) is 0.666. The van der Waals surface area contributed by atoms with Crippen molar-refractivity contribution in [3.8, 4) is 5.75 Å². The van der Waals surface area contributed by atoms with E-state index >= 15 is 0 Å². The highest BCUT2D eigenvalue weighted by Gasteiger charge is 2.13. The molecule has 32 heavy (non-hydrogen) atoms. The summed E-state index contributed by atoms with van der Waals surface area (Å²) in [6, 6.07) is 18.4. The molecule has 7 nitrogen and oxygen atoms in total. The molecule has 3 aromatic rings. The molecule has 0 saturated heterocycles. The first-order valence-corrected chi connectivity index (χ1v) is 10.6. The number of amides is 2. The fraction of sp³-hybridized carbons (Fsp3) is 0.240. The van der Waals surface area contributed by atoms with Crippen LogP contribution in [0.15, 0.2) is 66.9 Å². The van der Waals surface area contributed by atoms with E-state index in [0.29, 0.717) is 56.2 Å². The van der Waals surface area contributed by atoms with Gasteiger partial charge in [-0.1, -0.05) is 18.2 Å². The van der Waals surface area contributed by atoms with Gasteiger partial charge in [0.05, 0.1) is 25.5 Å². The Hall–Kier alpha value is -3.71. The molecule has 1 aliphatic heterocycles. The van der Waals surface area contributed by atoms with E-state index in [1.165, 1.54) is 0 Å². The predicted molar refractivity (Wildman–Crippen MR) is 120 cm³/mol. The average molecular weight is 431 g/mol. The number of ether oxygens (including phenoxy) is 2. The summed E-state index contributed by atoms with van der Waals surface area (Å²) in [6.07, 6.45) is 2.22. The lowest BCUT2D eigenvalue weighted by Gasteiger charge is -2.15. The van der Waals surface area contributed by atoms with Gasteiger partial charge in [-0.15, -0.1) is 0 Å². The Kier molecular flexibility index (Phi) is 7.09. The first-order valence-electron chi connectivity index (χ1n) is 10.6. The molecule has 0 unspecified atom stereocenters. The number of benzene rings is 2. The maximum absolute atomic E-state index is 12.7. The van der Waals surface area contributed by atoms with E-state index < -0.39 is 0 Å².